The number of hydrogen-bond donors (Lipinski definition) is 0. The van der Waals surface area contributed by atoms with Gasteiger partial charge in [0.05, 0.1) is 18.0 Å². The zero-order valence-electron chi connectivity index (χ0n) is 23.1. The molecule has 0 radical (unpaired) electrons. The smallest absolute Gasteiger partial charge is 0.0911 e. The molecule has 1 aromatic carbocycles. The molecule has 31 heavy (non-hydrogen) atoms. The Balaban J connectivity index is 2.47. The third kappa shape index (κ3) is 6.38. The van der Waals surface area contributed by atoms with Gasteiger partial charge in [0.25, 0.3) is 0 Å². The molecule has 1 heterocycles. The molecular formula is C27H50N2P2. The van der Waals surface area contributed by atoms with Crippen molar-refractivity contribution in [3.05, 3.63) is 23.3 Å². The quantitative estimate of drug-likeness (QED) is 0.410. The van der Waals surface area contributed by atoms with Gasteiger partial charge in [-0.05, 0) is 57.7 Å². The number of fused-ring (bicyclic) bond motifs is 1. The number of anilines is 2. The lowest BCUT2D eigenvalue weighted by molar-refractivity contribution is 0.692. The van der Waals surface area contributed by atoms with E-state index in [1.54, 1.807) is 0 Å². The summed E-state index contributed by atoms with van der Waals surface area (Å²) in [6.07, 6.45) is 2.36. The van der Waals surface area contributed by atoms with E-state index in [1.165, 1.54) is 35.1 Å². The van der Waals surface area contributed by atoms with Crippen LogP contribution in [0.3, 0.4) is 0 Å². The van der Waals surface area contributed by atoms with E-state index in [-0.39, 0.29) is 15.8 Å². The van der Waals surface area contributed by atoms with E-state index in [2.05, 4.69) is 119 Å². The summed E-state index contributed by atoms with van der Waals surface area (Å²) in [7, 11) is -0.351. The summed E-state index contributed by atoms with van der Waals surface area (Å²) in [5.41, 5.74) is 5.74. The molecule has 0 N–H and O–H groups in total. The predicted octanol–water partition coefficient (Wildman–Crippen LogP) is 8.96. The summed E-state index contributed by atoms with van der Waals surface area (Å²) < 4.78 is 0. The summed E-state index contributed by atoms with van der Waals surface area (Å²) in [5, 5.41) is 1.35. The van der Waals surface area contributed by atoms with Gasteiger partial charge in [-0.25, -0.2) is 0 Å². The molecule has 1 aliphatic rings. The summed E-state index contributed by atoms with van der Waals surface area (Å²) in [5.74, 6) is 0. The van der Waals surface area contributed by atoms with Crippen LogP contribution in [0.1, 0.15) is 94.2 Å². The Morgan fingerprint density at radius 2 is 0.839 bits per heavy atom. The molecule has 0 saturated heterocycles. The molecule has 0 aromatic heterocycles. The van der Waals surface area contributed by atoms with Gasteiger partial charge in [-0.3, -0.25) is 0 Å². The fourth-order valence-electron chi connectivity index (χ4n) is 5.09. The highest BCUT2D eigenvalue weighted by molar-refractivity contribution is 7.61. The summed E-state index contributed by atoms with van der Waals surface area (Å²) in [6.45, 7) is 34.9. The maximum atomic E-state index is 2.71. The Morgan fingerprint density at radius 3 is 1.06 bits per heavy atom. The van der Waals surface area contributed by atoms with Gasteiger partial charge in [0, 0.05) is 12.6 Å². The maximum Gasteiger partial charge on any atom is 0.0911 e. The Bertz CT molecular complexity index is 680. The highest BCUT2D eigenvalue weighted by Crippen LogP contribution is 2.62. The Kier molecular flexibility index (Phi) is 7.64. The van der Waals surface area contributed by atoms with Gasteiger partial charge in [-0.1, -0.05) is 98.9 Å². The van der Waals surface area contributed by atoms with Crippen molar-refractivity contribution in [1.29, 1.82) is 0 Å². The second-order valence-corrected chi connectivity index (χ2v) is 21.1. The zero-order chi connectivity index (χ0) is 24.2. The summed E-state index contributed by atoms with van der Waals surface area (Å²) in [4.78, 5) is 5.42. The van der Waals surface area contributed by atoms with Gasteiger partial charge in [-0.2, -0.15) is 0 Å². The standard InChI is InChI=1S/C27H50N2P2/c1-20-15-22-23(16-21(20)2)29(19-31(26(9,10)11)27(12,13)14)17-28(22)18-30(24(3,4)5)25(6,7)8/h15-16H,17-19H2,1-14H3. The average Bonchev–Trinajstić information content (AvgIpc) is 2.83. The van der Waals surface area contributed by atoms with Crippen molar-refractivity contribution in [2.45, 2.75) is 118 Å². The normalized spacial score (nSPS) is 16.0. The van der Waals surface area contributed by atoms with Crippen molar-refractivity contribution in [1.82, 2.24) is 0 Å². The van der Waals surface area contributed by atoms with E-state index in [9.17, 15) is 0 Å². The molecule has 0 spiro atoms. The van der Waals surface area contributed by atoms with Gasteiger partial charge < -0.3 is 9.80 Å². The lowest BCUT2D eigenvalue weighted by atomic mass is 10.1. The second kappa shape index (κ2) is 8.80. The van der Waals surface area contributed by atoms with Crippen LogP contribution in [-0.2, 0) is 0 Å². The van der Waals surface area contributed by atoms with Crippen LogP contribution >= 0.6 is 15.8 Å². The van der Waals surface area contributed by atoms with Crippen molar-refractivity contribution in [2.24, 2.45) is 0 Å². The third-order valence-corrected chi connectivity index (χ3v) is 14.2. The molecule has 0 fully saturated rings. The first-order chi connectivity index (χ1) is 13.7. The summed E-state index contributed by atoms with van der Waals surface area (Å²) >= 11 is 0. The molecule has 1 aliphatic heterocycles. The molecule has 4 heteroatoms. The van der Waals surface area contributed by atoms with Crippen LogP contribution < -0.4 is 9.80 Å². The minimum atomic E-state index is -0.176. The van der Waals surface area contributed by atoms with Crippen LogP contribution in [0.4, 0.5) is 11.4 Å². The topological polar surface area (TPSA) is 6.48 Å². The van der Waals surface area contributed by atoms with Gasteiger partial charge in [0.2, 0.25) is 0 Å². The van der Waals surface area contributed by atoms with Gasteiger partial charge in [-0.15, -0.1) is 0 Å². The molecule has 178 valence electrons. The van der Waals surface area contributed by atoms with E-state index in [1.807, 2.05) is 0 Å². The van der Waals surface area contributed by atoms with E-state index in [0.29, 0.717) is 20.6 Å². The van der Waals surface area contributed by atoms with E-state index in [4.69, 9.17) is 0 Å². The zero-order valence-corrected chi connectivity index (χ0v) is 24.9. The highest BCUT2D eigenvalue weighted by atomic mass is 31.1. The van der Waals surface area contributed by atoms with Gasteiger partial charge >= 0.3 is 0 Å². The molecule has 0 amide bonds. The monoisotopic (exact) mass is 464 g/mol. The van der Waals surface area contributed by atoms with Crippen molar-refractivity contribution < 1.29 is 0 Å². The van der Waals surface area contributed by atoms with Crippen LogP contribution in [0.5, 0.6) is 0 Å². The SMILES string of the molecule is Cc1cc2c(cc1C)N(CP(C(C)(C)C)C(C)(C)C)CN2CP(C(C)(C)C)C(C)(C)C. The lowest BCUT2D eigenvalue weighted by Crippen LogP contribution is -2.38. The van der Waals surface area contributed by atoms with Crippen LogP contribution in [0, 0.1) is 13.8 Å². The van der Waals surface area contributed by atoms with Gasteiger partial charge in [0.1, 0.15) is 0 Å². The molecule has 0 aliphatic carbocycles. The second-order valence-electron chi connectivity index (χ2n) is 13.5. The van der Waals surface area contributed by atoms with Crippen molar-refractivity contribution in [3.8, 4) is 0 Å². The minimum Gasteiger partial charge on any atom is -0.348 e. The molecule has 0 unspecified atom stereocenters. The fraction of sp³-hybridized carbons (Fsp3) is 0.778. The van der Waals surface area contributed by atoms with Crippen molar-refractivity contribution in [2.75, 3.05) is 29.0 Å². The van der Waals surface area contributed by atoms with E-state index in [0.717, 1.165) is 6.67 Å². The van der Waals surface area contributed by atoms with Crippen molar-refractivity contribution >= 4 is 27.2 Å². The molecule has 2 nitrogen and oxygen atoms in total. The fourth-order valence-corrected chi connectivity index (χ4v) is 12.0. The highest BCUT2D eigenvalue weighted by Gasteiger charge is 2.41. The Morgan fingerprint density at radius 1 is 0.581 bits per heavy atom. The van der Waals surface area contributed by atoms with Crippen LogP contribution in [-0.4, -0.2) is 39.9 Å². The first-order valence-corrected chi connectivity index (χ1v) is 14.9. The summed E-state index contributed by atoms with van der Waals surface area (Å²) in [6, 6.07) is 4.92. The maximum absolute atomic E-state index is 2.71. The Labute approximate surface area is 197 Å². The first-order valence-electron chi connectivity index (χ1n) is 11.9. The Hall–Kier alpha value is -0.320. The lowest BCUT2D eigenvalue weighted by Gasteiger charge is -2.45. The largest absolute Gasteiger partial charge is 0.348 e. The number of benzene rings is 1. The van der Waals surface area contributed by atoms with Crippen molar-refractivity contribution in [3.63, 3.8) is 0 Å². The number of hydrogen-bond acceptors (Lipinski definition) is 2. The first kappa shape index (κ1) is 26.9. The number of rotatable bonds is 4. The molecule has 0 bridgehead atoms. The average molecular weight is 465 g/mol. The van der Waals surface area contributed by atoms with Crippen LogP contribution in [0.15, 0.2) is 12.1 Å². The third-order valence-electron chi connectivity index (χ3n) is 6.48. The number of nitrogens with zero attached hydrogens (tertiary/aromatic N) is 2. The molecule has 0 atom stereocenters. The molecule has 0 saturated carbocycles. The molecular weight excluding hydrogens is 414 g/mol. The minimum absolute atomic E-state index is 0.176. The van der Waals surface area contributed by atoms with Crippen LogP contribution in [0.2, 0.25) is 0 Å². The predicted molar refractivity (Wildman–Crippen MR) is 148 cm³/mol. The van der Waals surface area contributed by atoms with E-state index >= 15 is 0 Å². The molecule has 1 aromatic rings. The van der Waals surface area contributed by atoms with E-state index < -0.39 is 0 Å². The van der Waals surface area contributed by atoms with Crippen LogP contribution in [0.25, 0.3) is 0 Å². The number of aryl methyl sites for hydroxylation is 2. The molecule has 2 rings (SSSR count). The van der Waals surface area contributed by atoms with Gasteiger partial charge in [0.15, 0.2) is 0 Å².